The number of aliphatic hydroxyl groups is 1. The molecule has 0 fully saturated rings. The van der Waals surface area contributed by atoms with E-state index in [1.165, 1.54) is 0 Å². The van der Waals surface area contributed by atoms with Gasteiger partial charge in [-0.25, -0.2) is 0 Å². The van der Waals surface area contributed by atoms with Crippen LogP contribution in [0.15, 0.2) is 0 Å². The molecule has 0 atom stereocenters. The van der Waals surface area contributed by atoms with Gasteiger partial charge in [-0.2, -0.15) is 0 Å². The fourth-order valence-corrected chi connectivity index (χ4v) is 0.158. The van der Waals surface area contributed by atoms with Gasteiger partial charge in [0.25, 0.3) is 0 Å². The monoisotopic (exact) mass is 148 g/mol. The van der Waals surface area contributed by atoms with Crippen molar-refractivity contribution in [2.24, 2.45) is 0 Å². The Morgan fingerprint density at radius 1 is 1.25 bits per heavy atom. The molecule has 0 saturated carbocycles. The number of rotatable bonds is 2. The fourth-order valence-electron chi connectivity index (χ4n) is 0.158. The Labute approximate surface area is 79.7 Å². The van der Waals surface area contributed by atoms with E-state index in [-0.39, 0.29) is 48.7 Å². The summed E-state index contributed by atoms with van der Waals surface area (Å²) in [6.07, 6.45) is 2.04. The third-order valence-electron chi connectivity index (χ3n) is 0.512. The first-order chi connectivity index (χ1) is 2.41. The van der Waals surface area contributed by atoms with Crippen molar-refractivity contribution in [1.29, 1.82) is 0 Å². The quantitative estimate of drug-likeness (QED) is 0.561. The van der Waals surface area contributed by atoms with E-state index in [4.69, 9.17) is 5.11 Å². The van der Waals surface area contributed by atoms with E-state index < -0.39 is 0 Å². The molecule has 48 valence electrons. The van der Waals surface area contributed by atoms with Gasteiger partial charge in [-0.1, -0.05) is 13.3 Å². The molecular formula is C4H12CaO3. The zero-order chi connectivity index (χ0) is 4.12. The van der Waals surface area contributed by atoms with Gasteiger partial charge in [-0.05, 0) is 6.42 Å². The Hall–Kier alpha value is 1.14. The summed E-state index contributed by atoms with van der Waals surface area (Å²) in [5, 5.41) is 8.07. The molecule has 0 radical (unpaired) electrons. The first-order valence-electron chi connectivity index (χ1n) is 2.02. The minimum atomic E-state index is 0. The second kappa shape index (κ2) is 24.2. The van der Waals surface area contributed by atoms with Crippen molar-refractivity contribution < 1.29 is 16.1 Å². The van der Waals surface area contributed by atoms with Crippen LogP contribution in [0.3, 0.4) is 0 Å². The van der Waals surface area contributed by atoms with Crippen molar-refractivity contribution in [2.75, 3.05) is 6.61 Å². The third-order valence-corrected chi connectivity index (χ3v) is 0.512. The van der Waals surface area contributed by atoms with Crippen molar-refractivity contribution in [1.82, 2.24) is 0 Å². The normalized spacial score (nSPS) is 5.25. The third kappa shape index (κ3) is 27.3. The Morgan fingerprint density at radius 2 is 1.62 bits per heavy atom. The van der Waals surface area contributed by atoms with E-state index in [1.54, 1.807) is 0 Å². The topological polar surface area (TPSA) is 80.2 Å². The molecule has 0 saturated heterocycles. The van der Waals surface area contributed by atoms with Crippen molar-refractivity contribution in [3.8, 4) is 0 Å². The van der Waals surface area contributed by atoms with E-state index in [9.17, 15) is 0 Å². The zero-order valence-electron chi connectivity index (χ0n) is 5.17. The van der Waals surface area contributed by atoms with Crippen LogP contribution in [0.5, 0.6) is 0 Å². The molecule has 4 heteroatoms. The van der Waals surface area contributed by atoms with Gasteiger partial charge >= 0.3 is 37.7 Å². The van der Waals surface area contributed by atoms with Crippen molar-refractivity contribution in [2.45, 2.75) is 19.8 Å². The largest absolute Gasteiger partial charge is 2.00 e. The standard InChI is InChI=1S/C4H10O.Ca.2H2O/c1-2-3-4-5;;;/h5H,2-4H2,1H3;;2*1H2/q;+2;;/p-2. The summed E-state index contributed by atoms with van der Waals surface area (Å²) in [4.78, 5) is 0. The van der Waals surface area contributed by atoms with Gasteiger partial charge in [0, 0.05) is 6.61 Å². The van der Waals surface area contributed by atoms with Crippen molar-refractivity contribution in [3.63, 3.8) is 0 Å². The van der Waals surface area contributed by atoms with Crippen molar-refractivity contribution in [3.05, 3.63) is 0 Å². The summed E-state index contributed by atoms with van der Waals surface area (Å²) < 4.78 is 0. The molecule has 0 aromatic carbocycles. The average Bonchev–Trinajstić information content (AvgIpc) is 1.41. The molecule has 3 nitrogen and oxygen atoms in total. The first-order valence-corrected chi connectivity index (χ1v) is 2.02. The van der Waals surface area contributed by atoms with Gasteiger partial charge in [0.15, 0.2) is 0 Å². The summed E-state index contributed by atoms with van der Waals surface area (Å²) >= 11 is 0. The SMILES string of the molecule is CCCCO.[Ca+2].[OH-].[OH-]. The summed E-state index contributed by atoms with van der Waals surface area (Å²) in [7, 11) is 0. The molecule has 0 aromatic rings. The van der Waals surface area contributed by atoms with E-state index >= 15 is 0 Å². The van der Waals surface area contributed by atoms with Gasteiger partial charge in [-0.15, -0.1) is 0 Å². The summed E-state index contributed by atoms with van der Waals surface area (Å²) in [6.45, 7) is 2.40. The minimum Gasteiger partial charge on any atom is -0.870 e. The Morgan fingerprint density at radius 3 is 1.62 bits per heavy atom. The molecule has 0 spiro atoms. The minimum absolute atomic E-state index is 0. The van der Waals surface area contributed by atoms with Gasteiger partial charge in [0.1, 0.15) is 0 Å². The molecule has 0 aliphatic carbocycles. The van der Waals surface area contributed by atoms with Gasteiger partial charge in [0.05, 0.1) is 0 Å². The van der Waals surface area contributed by atoms with Crippen LogP contribution < -0.4 is 0 Å². The molecular weight excluding hydrogens is 136 g/mol. The molecule has 8 heavy (non-hydrogen) atoms. The molecule has 0 aliphatic heterocycles. The molecule has 0 unspecified atom stereocenters. The van der Waals surface area contributed by atoms with E-state index in [2.05, 4.69) is 6.92 Å². The van der Waals surface area contributed by atoms with Crippen LogP contribution in [-0.2, 0) is 0 Å². The molecule has 0 aromatic heterocycles. The van der Waals surface area contributed by atoms with Crippen LogP contribution in [0, 0.1) is 0 Å². The van der Waals surface area contributed by atoms with Crippen molar-refractivity contribution >= 4 is 37.7 Å². The van der Waals surface area contributed by atoms with Gasteiger partial charge in [0.2, 0.25) is 0 Å². The zero-order valence-corrected chi connectivity index (χ0v) is 7.38. The maximum Gasteiger partial charge on any atom is 2.00 e. The Balaban J connectivity index is -0.0000000267. The Kier molecular flexibility index (Phi) is 69.4. The smallest absolute Gasteiger partial charge is 0.870 e. The average molecular weight is 148 g/mol. The predicted octanol–water partition coefficient (Wildman–Crippen LogP) is 0.0444. The maximum atomic E-state index is 8.07. The molecule has 0 rings (SSSR count). The second-order valence-electron chi connectivity index (χ2n) is 1.08. The number of hydrogen-bond acceptors (Lipinski definition) is 3. The van der Waals surface area contributed by atoms with E-state index in [0.29, 0.717) is 6.61 Å². The number of unbranched alkanes of at least 4 members (excludes halogenated alkanes) is 1. The maximum absolute atomic E-state index is 8.07. The van der Waals surface area contributed by atoms with Crippen LogP contribution in [-0.4, -0.2) is 60.4 Å². The summed E-state index contributed by atoms with van der Waals surface area (Å²) in [5.41, 5.74) is 0. The van der Waals surface area contributed by atoms with Crippen LogP contribution in [0.25, 0.3) is 0 Å². The second-order valence-corrected chi connectivity index (χ2v) is 1.08. The Bertz CT molecular complexity index is 18.8. The molecule has 0 amide bonds. The van der Waals surface area contributed by atoms with Crippen LogP contribution in [0.1, 0.15) is 19.8 Å². The molecule has 0 aliphatic rings. The molecule has 3 N–H and O–H groups in total. The van der Waals surface area contributed by atoms with E-state index in [0.717, 1.165) is 12.8 Å². The summed E-state index contributed by atoms with van der Waals surface area (Å²) in [5.74, 6) is 0. The van der Waals surface area contributed by atoms with Crippen LogP contribution >= 0.6 is 0 Å². The first kappa shape index (κ1) is 22.9. The van der Waals surface area contributed by atoms with Crippen LogP contribution in [0.2, 0.25) is 0 Å². The molecule has 0 bridgehead atoms. The fraction of sp³-hybridized carbons (Fsp3) is 1.00. The van der Waals surface area contributed by atoms with Gasteiger partial charge in [-0.3, -0.25) is 0 Å². The van der Waals surface area contributed by atoms with Crippen LogP contribution in [0.4, 0.5) is 0 Å². The number of hydrogen-bond donors (Lipinski definition) is 1. The summed E-state index contributed by atoms with van der Waals surface area (Å²) in [6, 6.07) is 0. The molecule has 0 heterocycles. The van der Waals surface area contributed by atoms with Gasteiger partial charge < -0.3 is 16.1 Å². The predicted molar refractivity (Wildman–Crippen MR) is 31.6 cm³/mol. The van der Waals surface area contributed by atoms with E-state index in [1.807, 2.05) is 0 Å². The number of aliphatic hydroxyl groups excluding tert-OH is 1.